The molecule has 2 amide bonds. The molecule has 2 atom stereocenters. The molecule has 1 aliphatic rings. The zero-order valence-corrected chi connectivity index (χ0v) is 13.9. The minimum atomic E-state index is -0.387. The number of aryl methyl sites for hydroxylation is 2. The van der Waals surface area contributed by atoms with E-state index < -0.39 is 0 Å². The molecule has 1 aromatic heterocycles. The summed E-state index contributed by atoms with van der Waals surface area (Å²) in [5.74, 6) is -0.00522. The van der Waals surface area contributed by atoms with Crippen molar-refractivity contribution >= 4 is 23.2 Å². The number of carbonyl (C=O) groups excluding carboxylic acids is 2. The maximum Gasteiger partial charge on any atom is 0.245 e. The molecule has 5 nitrogen and oxygen atoms in total. The molecule has 21 heavy (non-hydrogen) atoms. The summed E-state index contributed by atoms with van der Waals surface area (Å²) in [6, 6.07) is -0.419. The third kappa shape index (κ3) is 3.43. The van der Waals surface area contributed by atoms with Crippen molar-refractivity contribution in [2.24, 2.45) is 0 Å². The number of rotatable bonds is 4. The molecule has 0 spiro atoms. The molecule has 1 fully saturated rings. The van der Waals surface area contributed by atoms with E-state index in [0.717, 1.165) is 22.0 Å². The lowest BCUT2D eigenvalue weighted by Gasteiger charge is -2.29. The summed E-state index contributed by atoms with van der Waals surface area (Å²) in [6.45, 7) is 8.47. The smallest absolute Gasteiger partial charge is 0.245 e. The number of aromatic nitrogens is 1. The molecule has 0 bridgehead atoms. The van der Waals surface area contributed by atoms with Gasteiger partial charge in [0.2, 0.25) is 11.8 Å². The van der Waals surface area contributed by atoms with E-state index in [4.69, 9.17) is 0 Å². The highest BCUT2D eigenvalue weighted by atomic mass is 32.1. The molecular formula is C15H23N3O2S. The van der Waals surface area contributed by atoms with Crippen LogP contribution in [0, 0.1) is 13.8 Å². The van der Waals surface area contributed by atoms with Crippen molar-refractivity contribution in [2.75, 3.05) is 6.54 Å². The van der Waals surface area contributed by atoms with Crippen LogP contribution in [-0.2, 0) is 9.59 Å². The average molecular weight is 309 g/mol. The first-order valence-electron chi connectivity index (χ1n) is 7.47. The van der Waals surface area contributed by atoms with Crippen molar-refractivity contribution in [3.8, 4) is 0 Å². The normalized spacial score (nSPS) is 21.1. The Balaban J connectivity index is 2.25. The van der Waals surface area contributed by atoms with Crippen LogP contribution in [-0.4, -0.2) is 34.3 Å². The van der Waals surface area contributed by atoms with Crippen LogP contribution in [0.2, 0.25) is 0 Å². The second-order valence-electron chi connectivity index (χ2n) is 5.55. The SMILES string of the molecule is CCCC1NC(=O)CCN(C(C)c2sc(C)nc2C)C1=O. The van der Waals surface area contributed by atoms with Gasteiger partial charge in [-0.1, -0.05) is 13.3 Å². The van der Waals surface area contributed by atoms with Gasteiger partial charge in [0.1, 0.15) is 6.04 Å². The first-order chi connectivity index (χ1) is 9.93. The van der Waals surface area contributed by atoms with Crippen LogP contribution in [0.4, 0.5) is 0 Å². The van der Waals surface area contributed by atoms with Gasteiger partial charge in [-0.05, 0) is 27.2 Å². The van der Waals surface area contributed by atoms with E-state index in [2.05, 4.69) is 10.3 Å². The molecule has 1 saturated heterocycles. The van der Waals surface area contributed by atoms with Crippen molar-refractivity contribution in [2.45, 2.75) is 59.0 Å². The van der Waals surface area contributed by atoms with Crippen LogP contribution in [0.5, 0.6) is 0 Å². The number of amides is 2. The molecule has 0 aliphatic carbocycles. The Kier molecular flexibility index (Phi) is 4.98. The first-order valence-corrected chi connectivity index (χ1v) is 8.29. The Morgan fingerprint density at radius 1 is 1.43 bits per heavy atom. The summed E-state index contributed by atoms with van der Waals surface area (Å²) in [5, 5.41) is 3.85. The summed E-state index contributed by atoms with van der Waals surface area (Å²) in [4.78, 5) is 31.9. The Labute approximate surface area is 129 Å². The van der Waals surface area contributed by atoms with Crippen molar-refractivity contribution in [1.29, 1.82) is 0 Å². The number of thiazole rings is 1. The summed E-state index contributed by atoms with van der Waals surface area (Å²) < 4.78 is 0. The predicted molar refractivity (Wildman–Crippen MR) is 83.2 cm³/mol. The van der Waals surface area contributed by atoms with E-state index in [0.29, 0.717) is 19.4 Å². The van der Waals surface area contributed by atoms with Crippen molar-refractivity contribution < 1.29 is 9.59 Å². The molecule has 1 N–H and O–H groups in total. The van der Waals surface area contributed by atoms with Crippen LogP contribution in [0.25, 0.3) is 0 Å². The van der Waals surface area contributed by atoms with E-state index in [1.165, 1.54) is 0 Å². The highest BCUT2D eigenvalue weighted by molar-refractivity contribution is 7.11. The van der Waals surface area contributed by atoms with Gasteiger partial charge >= 0.3 is 0 Å². The quantitative estimate of drug-likeness (QED) is 0.928. The molecular weight excluding hydrogens is 286 g/mol. The van der Waals surface area contributed by atoms with Crippen LogP contribution < -0.4 is 5.32 Å². The van der Waals surface area contributed by atoms with E-state index >= 15 is 0 Å². The molecule has 1 aromatic rings. The van der Waals surface area contributed by atoms with Gasteiger partial charge in [-0.3, -0.25) is 9.59 Å². The molecule has 2 rings (SSSR count). The fourth-order valence-corrected chi connectivity index (χ4v) is 3.80. The molecule has 6 heteroatoms. The first kappa shape index (κ1) is 15.9. The average Bonchev–Trinajstić information content (AvgIpc) is 2.69. The minimum Gasteiger partial charge on any atom is -0.344 e. The van der Waals surface area contributed by atoms with Crippen LogP contribution in [0.15, 0.2) is 0 Å². The molecule has 0 radical (unpaired) electrons. The van der Waals surface area contributed by atoms with Gasteiger partial charge in [-0.15, -0.1) is 11.3 Å². The molecule has 2 unspecified atom stereocenters. The molecule has 0 aromatic carbocycles. The van der Waals surface area contributed by atoms with E-state index in [1.54, 1.807) is 11.3 Å². The second-order valence-corrected chi connectivity index (χ2v) is 6.78. The Hall–Kier alpha value is -1.43. The lowest BCUT2D eigenvalue weighted by Crippen LogP contribution is -2.45. The third-order valence-electron chi connectivity index (χ3n) is 3.86. The molecule has 0 saturated carbocycles. The number of hydrogen-bond donors (Lipinski definition) is 1. The van der Waals surface area contributed by atoms with Gasteiger partial charge in [0.25, 0.3) is 0 Å². The van der Waals surface area contributed by atoms with Gasteiger partial charge in [0.05, 0.1) is 16.7 Å². The summed E-state index contributed by atoms with van der Waals surface area (Å²) in [6.07, 6.45) is 1.93. The Bertz CT molecular complexity index is 541. The third-order valence-corrected chi connectivity index (χ3v) is 5.10. The van der Waals surface area contributed by atoms with Gasteiger partial charge in [0, 0.05) is 17.8 Å². The number of carbonyl (C=O) groups is 2. The highest BCUT2D eigenvalue weighted by Gasteiger charge is 2.33. The summed E-state index contributed by atoms with van der Waals surface area (Å²) in [7, 11) is 0. The standard InChI is InChI=1S/C15H23N3O2S/c1-5-6-12-15(20)18(8-7-13(19)17-12)10(3)14-9(2)16-11(4)21-14/h10,12H,5-8H2,1-4H3,(H,17,19). The Morgan fingerprint density at radius 2 is 2.14 bits per heavy atom. The fraction of sp³-hybridized carbons (Fsp3) is 0.667. The molecule has 1 aliphatic heterocycles. The zero-order chi connectivity index (χ0) is 15.6. The minimum absolute atomic E-state index is 0.0284. The zero-order valence-electron chi connectivity index (χ0n) is 13.1. The summed E-state index contributed by atoms with van der Waals surface area (Å²) in [5.41, 5.74) is 0.980. The maximum absolute atomic E-state index is 12.7. The highest BCUT2D eigenvalue weighted by Crippen LogP contribution is 2.30. The van der Waals surface area contributed by atoms with Crippen molar-refractivity contribution in [3.63, 3.8) is 0 Å². The van der Waals surface area contributed by atoms with Gasteiger partial charge in [0.15, 0.2) is 0 Å². The van der Waals surface area contributed by atoms with Gasteiger partial charge in [-0.2, -0.15) is 0 Å². The monoisotopic (exact) mass is 309 g/mol. The van der Waals surface area contributed by atoms with E-state index in [9.17, 15) is 9.59 Å². The van der Waals surface area contributed by atoms with E-state index in [1.807, 2.05) is 32.6 Å². The van der Waals surface area contributed by atoms with Crippen LogP contribution in [0.3, 0.4) is 0 Å². The Morgan fingerprint density at radius 3 is 2.71 bits per heavy atom. The van der Waals surface area contributed by atoms with Crippen molar-refractivity contribution in [1.82, 2.24) is 15.2 Å². The lowest BCUT2D eigenvalue weighted by atomic mass is 10.1. The summed E-state index contributed by atoms with van der Waals surface area (Å²) >= 11 is 1.63. The molecule has 2 heterocycles. The van der Waals surface area contributed by atoms with Crippen LogP contribution in [0.1, 0.15) is 54.7 Å². The second kappa shape index (κ2) is 6.56. The fourth-order valence-electron chi connectivity index (χ4n) is 2.81. The maximum atomic E-state index is 12.7. The van der Waals surface area contributed by atoms with Crippen LogP contribution >= 0.6 is 11.3 Å². The predicted octanol–water partition coefficient (Wildman–Crippen LogP) is 2.34. The van der Waals surface area contributed by atoms with E-state index in [-0.39, 0.29) is 23.9 Å². The number of nitrogens with zero attached hydrogens (tertiary/aromatic N) is 2. The lowest BCUT2D eigenvalue weighted by molar-refractivity contribution is -0.135. The number of hydrogen-bond acceptors (Lipinski definition) is 4. The topological polar surface area (TPSA) is 62.3 Å². The largest absolute Gasteiger partial charge is 0.344 e. The van der Waals surface area contributed by atoms with Crippen molar-refractivity contribution in [3.05, 3.63) is 15.6 Å². The molecule has 116 valence electrons. The van der Waals surface area contributed by atoms with Gasteiger partial charge < -0.3 is 10.2 Å². The van der Waals surface area contributed by atoms with Gasteiger partial charge in [-0.25, -0.2) is 4.98 Å². The number of nitrogens with one attached hydrogen (secondary N) is 1.